The number of hydrogen-bond donors (Lipinski definition) is 1. The van der Waals surface area contributed by atoms with Gasteiger partial charge in [-0.05, 0) is 31.2 Å². The van der Waals surface area contributed by atoms with E-state index in [1.54, 1.807) is 11.8 Å². The van der Waals surface area contributed by atoms with E-state index in [1.165, 1.54) is 16.7 Å². The minimum atomic E-state index is -1.05. The van der Waals surface area contributed by atoms with Crippen molar-refractivity contribution in [3.05, 3.63) is 71.2 Å². The Morgan fingerprint density at radius 3 is 2.39 bits per heavy atom. The maximum atomic E-state index is 11.3. The second-order valence-electron chi connectivity index (χ2n) is 6.15. The Hall–Kier alpha value is -3.45. The molecule has 2 aromatic carbocycles. The Kier molecular flexibility index (Phi) is 4.67. The van der Waals surface area contributed by atoms with Gasteiger partial charge in [-0.2, -0.15) is 5.10 Å². The van der Waals surface area contributed by atoms with Gasteiger partial charge in [-0.3, -0.25) is 0 Å². The lowest BCUT2D eigenvalue weighted by Crippen LogP contribution is -2.02. The van der Waals surface area contributed by atoms with Gasteiger partial charge in [-0.15, -0.1) is 11.3 Å². The summed E-state index contributed by atoms with van der Waals surface area (Å²) in [5.74, 6) is -0.293. The van der Waals surface area contributed by atoms with Crippen LogP contribution in [0, 0.1) is 6.92 Å². The Morgan fingerprint density at radius 2 is 1.79 bits per heavy atom. The highest BCUT2D eigenvalue weighted by Crippen LogP contribution is 2.35. The maximum absolute atomic E-state index is 11.3. The first kappa shape index (κ1) is 17.9. The van der Waals surface area contributed by atoms with Gasteiger partial charge in [0.05, 0.1) is 18.5 Å². The van der Waals surface area contributed by atoms with Gasteiger partial charge in [-0.25, -0.2) is 14.5 Å². The summed E-state index contributed by atoms with van der Waals surface area (Å²) in [6.45, 7) is 2.01. The molecule has 140 valence electrons. The van der Waals surface area contributed by atoms with Crippen LogP contribution in [0.5, 0.6) is 5.75 Å². The van der Waals surface area contributed by atoms with Crippen LogP contribution in [0.25, 0.3) is 27.6 Å². The van der Waals surface area contributed by atoms with E-state index >= 15 is 0 Å². The zero-order chi connectivity index (χ0) is 19.7. The third kappa shape index (κ3) is 3.16. The van der Waals surface area contributed by atoms with Crippen molar-refractivity contribution in [2.24, 2.45) is 0 Å². The Labute approximate surface area is 165 Å². The van der Waals surface area contributed by atoms with Crippen LogP contribution in [-0.2, 0) is 0 Å². The fourth-order valence-corrected chi connectivity index (χ4v) is 3.81. The molecule has 4 aromatic rings. The Morgan fingerprint density at radius 1 is 1.07 bits per heavy atom. The fourth-order valence-electron chi connectivity index (χ4n) is 3.05. The van der Waals surface area contributed by atoms with E-state index < -0.39 is 5.97 Å². The summed E-state index contributed by atoms with van der Waals surface area (Å²) in [6.07, 6.45) is 0. The summed E-state index contributed by atoms with van der Waals surface area (Å²) in [6, 6.07) is 17.6. The molecule has 2 heterocycles. The number of methoxy groups -OCH3 is 1. The largest absolute Gasteiger partial charge is 0.497 e. The van der Waals surface area contributed by atoms with E-state index in [1.807, 2.05) is 61.5 Å². The molecule has 1 N–H and O–H groups in total. The second kappa shape index (κ2) is 7.28. The summed E-state index contributed by atoms with van der Waals surface area (Å²) >= 11 is 1.25. The van der Waals surface area contributed by atoms with Gasteiger partial charge < -0.3 is 9.84 Å². The average molecular weight is 391 g/mol. The van der Waals surface area contributed by atoms with Crippen LogP contribution >= 0.6 is 11.3 Å². The standard InChI is InChI=1S/C21H17N3O3S/c1-13-18(14-6-4-3-5-7-14)23-24(21-22-17(12-28-21)20(25)26)19(13)15-8-10-16(27-2)11-9-15/h3-12H,1-2H3,(H,25,26). The average Bonchev–Trinajstić information content (AvgIpc) is 3.34. The maximum Gasteiger partial charge on any atom is 0.355 e. The minimum absolute atomic E-state index is 0.00935. The van der Waals surface area contributed by atoms with E-state index in [-0.39, 0.29) is 5.69 Å². The number of benzene rings is 2. The molecule has 0 spiro atoms. The van der Waals surface area contributed by atoms with Crippen molar-refractivity contribution in [3.63, 3.8) is 0 Å². The summed E-state index contributed by atoms with van der Waals surface area (Å²) < 4.78 is 6.98. The van der Waals surface area contributed by atoms with Crippen molar-refractivity contribution in [1.29, 1.82) is 0 Å². The van der Waals surface area contributed by atoms with Gasteiger partial charge in [0, 0.05) is 22.1 Å². The van der Waals surface area contributed by atoms with Gasteiger partial charge in [-0.1, -0.05) is 30.3 Å². The molecule has 0 saturated heterocycles. The highest BCUT2D eigenvalue weighted by atomic mass is 32.1. The van der Waals surface area contributed by atoms with E-state index in [4.69, 9.17) is 9.84 Å². The van der Waals surface area contributed by atoms with Crippen LogP contribution in [0.1, 0.15) is 16.1 Å². The second-order valence-corrected chi connectivity index (χ2v) is 6.99. The molecule has 0 aliphatic heterocycles. The Balaban J connectivity index is 1.93. The normalized spacial score (nSPS) is 10.8. The van der Waals surface area contributed by atoms with Gasteiger partial charge in [0.1, 0.15) is 5.75 Å². The Bertz CT molecular complexity index is 1130. The minimum Gasteiger partial charge on any atom is -0.497 e. The molecule has 6 nitrogen and oxygen atoms in total. The molecule has 2 aromatic heterocycles. The number of carboxylic acids is 1. The zero-order valence-electron chi connectivity index (χ0n) is 15.3. The lowest BCUT2D eigenvalue weighted by atomic mass is 10.0. The van der Waals surface area contributed by atoms with Crippen molar-refractivity contribution in [2.75, 3.05) is 7.11 Å². The molecule has 28 heavy (non-hydrogen) atoms. The van der Waals surface area contributed by atoms with Gasteiger partial charge in [0.15, 0.2) is 5.69 Å². The van der Waals surface area contributed by atoms with Crippen molar-refractivity contribution < 1.29 is 14.6 Å². The predicted molar refractivity (Wildman–Crippen MR) is 108 cm³/mol. The number of hydrogen-bond acceptors (Lipinski definition) is 5. The first-order valence-electron chi connectivity index (χ1n) is 8.57. The molecule has 0 fully saturated rings. The predicted octanol–water partition coefficient (Wildman–Crippen LogP) is 4.68. The third-order valence-electron chi connectivity index (χ3n) is 4.43. The SMILES string of the molecule is COc1ccc(-c2c(C)c(-c3ccccc3)nn2-c2nc(C(=O)O)cs2)cc1. The molecule has 0 saturated carbocycles. The zero-order valence-corrected chi connectivity index (χ0v) is 16.1. The van der Waals surface area contributed by atoms with Crippen molar-refractivity contribution in [3.8, 4) is 33.4 Å². The smallest absolute Gasteiger partial charge is 0.355 e. The van der Waals surface area contributed by atoms with Crippen LogP contribution in [0.3, 0.4) is 0 Å². The topological polar surface area (TPSA) is 77.2 Å². The van der Waals surface area contributed by atoms with Gasteiger partial charge in [0.2, 0.25) is 5.13 Å². The molecule has 4 rings (SSSR count). The first-order chi connectivity index (χ1) is 13.6. The highest BCUT2D eigenvalue weighted by molar-refractivity contribution is 7.12. The molecular weight excluding hydrogens is 374 g/mol. The summed E-state index contributed by atoms with van der Waals surface area (Å²) in [4.78, 5) is 15.5. The van der Waals surface area contributed by atoms with Crippen molar-refractivity contribution >= 4 is 17.3 Å². The molecule has 0 radical (unpaired) electrons. The number of aromatic nitrogens is 3. The number of carbonyl (C=O) groups is 1. The van der Waals surface area contributed by atoms with E-state index in [2.05, 4.69) is 4.98 Å². The van der Waals surface area contributed by atoms with Crippen molar-refractivity contribution in [2.45, 2.75) is 6.92 Å². The molecule has 0 aliphatic rings. The van der Waals surface area contributed by atoms with Crippen molar-refractivity contribution in [1.82, 2.24) is 14.8 Å². The molecular formula is C21H17N3O3S. The lowest BCUT2D eigenvalue weighted by Gasteiger charge is -2.07. The van der Waals surface area contributed by atoms with Crippen LogP contribution in [0.2, 0.25) is 0 Å². The fraction of sp³-hybridized carbons (Fsp3) is 0.0952. The molecule has 0 amide bonds. The number of rotatable bonds is 5. The quantitative estimate of drug-likeness (QED) is 0.535. The molecule has 0 atom stereocenters. The van der Waals surface area contributed by atoms with Crippen LogP contribution in [-0.4, -0.2) is 33.0 Å². The van der Waals surface area contributed by atoms with Crippen LogP contribution in [0.4, 0.5) is 0 Å². The highest BCUT2D eigenvalue weighted by Gasteiger charge is 2.21. The molecule has 7 heteroatoms. The van der Waals surface area contributed by atoms with Crippen LogP contribution < -0.4 is 4.74 Å². The number of nitrogens with zero attached hydrogens (tertiary/aromatic N) is 3. The number of carboxylic acid groups (broad SMARTS) is 1. The summed E-state index contributed by atoms with van der Waals surface area (Å²) in [5, 5.41) is 16.0. The first-order valence-corrected chi connectivity index (χ1v) is 9.45. The monoisotopic (exact) mass is 391 g/mol. The number of ether oxygens (including phenoxy) is 1. The molecule has 0 unspecified atom stereocenters. The molecule has 0 bridgehead atoms. The van der Waals surface area contributed by atoms with E-state index in [9.17, 15) is 9.90 Å². The van der Waals surface area contributed by atoms with E-state index in [0.717, 1.165) is 33.8 Å². The number of thiazole rings is 1. The van der Waals surface area contributed by atoms with E-state index in [0.29, 0.717) is 5.13 Å². The van der Waals surface area contributed by atoms with Gasteiger partial charge in [0.25, 0.3) is 0 Å². The lowest BCUT2D eigenvalue weighted by molar-refractivity contribution is 0.0691. The number of aromatic carboxylic acids is 1. The van der Waals surface area contributed by atoms with Gasteiger partial charge >= 0.3 is 5.97 Å². The van der Waals surface area contributed by atoms with Crippen LogP contribution in [0.15, 0.2) is 60.0 Å². The molecule has 0 aliphatic carbocycles. The third-order valence-corrected chi connectivity index (χ3v) is 5.24. The summed E-state index contributed by atoms with van der Waals surface area (Å²) in [5.41, 5.74) is 4.63. The summed E-state index contributed by atoms with van der Waals surface area (Å²) in [7, 11) is 1.63.